The zero-order chi connectivity index (χ0) is 35.3. The average molecular weight is 677 g/mol. The number of aromatic nitrogens is 1. The Bertz CT molecular complexity index is 3080. The van der Waals surface area contributed by atoms with Crippen molar-refractivity contribution in [1.82, 2.24) is 4.57 Å². The van der Waals surface area contributed by atoms with Crippen molar-refractivity contribution in [3.63, 3.8) is 0 Å². The van der Waals surface area contributed by atoms with Gasteiger partial charge in [-0.25, -0.2) is 0 Å². The van der Waals surface area contributed by atoms with Crippen LogP contribution in [0.3, 0.4) is 0 Å². The molecule has 1 heterocycles. The minimum atomic E-state index is -0.109. The molecule has 0 saturated carbocycles. The summed E-state index contributed by atoms with van der Waals surface area (Å²) < 4.78 is 2.43. The first-order chi connectivity index (χ1) is 26.1. The smallest absolute Gasteiger partial charge is 0.0782 e. The van der Waals surface area contributed by atoms with Crippen molar-refractivity contribution < 1.29 is 0 Å². The highest BCUT2D eigenvalue weighted by Crippen LogP contribution is 2.55. The second-order valence-electron chi connectivity index (χ2n) is 14.9. The second kappa shape index (κ2) is 11.2. The van der Waals surface area contributed by atoms with Gasteiger partial charge in [-0.2, -0.15) is 0 Å². The van der Waals surface area contributed by atoms with Crippen molar-refractivity contribution in [3.8, 4) is 16.8 Å². The Labute approximate surface area is 308 Å². The van der Waals surface area contributed by atoms with E-state index in [1.54, 1.807) is 0 Å². The lowest BCUT2D eigenvalue weighted by atomic mass is 9.78. The predicted octanol–water partition coefficient (Wildman–Crippen LogP) is 14.0. The highest BCUT2D eigenvalue weighted by molar-refractivity contribution is 6.26. The zero-order valence-corrected chi connectivity index (χ0v) is 29.7. The van der Waals surface area contributed by atoms with Gasteiger partial charge in [-0.15, -0.1) is 0 Å². The number of fused-ring (bicyclic) bond motifs is 13. The van der Waals surface area contributed by atoms with Crippen LogP contribution < -0.4 is 4.90 Å². The Balaban J connectivity index is 1.20. The van der Waals surface area contributed by atoms with E-state index in [9.17, 15) is 0 Å². The summed E-state index contributed by atoms with van der Waals surface area (Å²) >= 11 is 0. The molecule has 11 rings (SSSR count). The summed E-state index contributed by atoms with van der Waals surface area (Å²) in [5, 5.41) is 10.3. The quantitative estimate of drug-likeness (QED) is 0.168. The van der Waals surface area contributed by atoms with E-state index in [1.807, 2.05) is 0 Å². The van der Waals surface area contributed by atoms with Gasteiger partial charge >= 0.3 is 0 Å². The van der Waals surface area contributed by atoms with Crippen molar-refractivity contribution in [1.29, 1.82) is 0 Å². The molecular weight excluding hydrogens is 641 g/mol. The summed E-state index contributed by atoms with van der Waals surface area (Å²) in [5.41, 5.74) is 12.4. The third-order valence-corrected chi connectivity index (χ3v) is 11.7. The van der Waals surface area contributed by atoms with E-state index in [0.717, 1.165) is 22.7 Å². The molecule has 9 aromatic carbocycles. The molecule has 1 aliphatic carbocycles. The van der Waals surface area contributed by atoms with Crippen LogP contribution in [-0.2, 0) is 5.41 Å². The Kier molecular flexibility index (Phi) is 6.33. The molecule has 53 heavy (non-hydrogen) atoms. The normalized spacial score (nSPS) is 13.2. The van der Waals surface area contributed by atoms with Crippen LogP contribution in [0.25, 0.3) is 70.9 Å². The number of hydrogen-bond acceptors (Lipinski definition) is 1. The molecule has 0 saturated heterocycles. The predicted molar refractivity (Wildman–Crippen MR) is 226 cm³/mol. The molecule has 0 aliphatic heterocycles. The van der Waals surface area contributed by atoms with Crippen LogP contribution in [-0.4, -0.2) is 4.57 Å². The largest absolute Gasteiger partial charge is 0.308 e. The molecule has 0 fully saturated rings. The molecule has 0 N–H and O–H groups in total. The van der Waals surface area contributed by atoms with Crippen molar-refractivity contribution >= 4 is 71.2 Å². The Morgan fingerprint density at radius 2 is 1.13 bits per heavy atom. The fourth-order valence-electron chi connectivity index (χ4n) is 9.48. The first kappa shape index (κ1) is 30.0. The van der Waals surface area contributed by atoms with Crippen molar-refractivity contribution in [3.05, 3.63) is 193 Å². The zero-order valence-electron chi connectivity index (χ0n) is 29.7. The summed E-state index contributed by atoms with van der Waals surface area (Å²) in [4.78, 5) is 2.44. The van der Waals surface area contributed by atoms with E-state index < -0.39 is 0 Å². The van der Waals surface area contributed by atoms with Gasteiger partial charge in [0.1, 0.15) is 0 Å². The van der Waals surface area contributed by atoms with Gasteiger partial charge in [0.25, 0.3) is 0 Å². The molecular formula is C51H36N2. The molecule has 0 unspecified atom stereocenters. The highest BCUT2D eigenvalue weighted by atomic mass is 15.2. The molecule has 2 nitrogen and oxygen atoms in total. The van der Waals surface area contributed by atoms with E-state index in [1.165, 1.54) is 76.4 Å². The van der Waals surface area contributed by atoms with Gasteiger partial charge in [-0.1, -0.05) is 147 Å². The fraction of sp³-hybridized carbons (Fsp3) is 0.0588. The molecule has 0 amide bonds. The Morgan fingerprint density at radius 3 is 1.96 bits per heavy atom. The highest BCUT2D eigenvalue weighted by Gasteiger charge is 2.38. The molecule has 1 aliphatic rings. The summed E-state index contributed by atoms with van der Waals surface area (Å²) in [6.07, 6.45) is 0. The molecule has 2 heteroatoms. The van der Waals surface area contributed by atoms with E-state index in [4.69, 9.17) is 0 Å². The van der Waals surface area contributed by atoms with E-state index >= 15 is 0 Å². The molecule has 0 spiro atoms. The van der Waals surface area contributed by atoms with E-state index in [2.05, 4.69) is 205 Å². The number of para-hydroxylation sites is 4. The van der Waals surface area contributed by atoms with Crippen LogP contribution in [0.1, 0.15) is 25.0 Å². The number of rotatable bonds is 4. The lowest BCUT2D eigenvalue weighted by Gasteiger charge is -2.28. The maximum absolute atomic E-state index is 2.44. The van der Waals surface area contributed by atoms with Crippen LogP contribution in [0.5, 0.6) is 0 Å². The molecule has 0 atom stereocenters. The topological polar surface area (TPSA) is 8.17 Å². The SMILES string of the molecule is CC1(C)c2ccccc2-c2c1c1ccc3cc(N(c4ccccc4)c4cccc5c6ccccc6n(-c6ccccc6)c45)ccc3c1c1ccccc21. The summed E-state index contributed by atoms with van der Waals surface area (Å²) in [6.45, 7) is 4.79. The lowest BCUT2D eigenvalue weighted by Crippen LogP contribution is -2.15. The lowest BCUT2D eigenvalue weighted by molar-refractivity contribution is 0.666. The minimum Gasteiger partial charge on any atom is -0.308 e. The Hall–Kier alpha value is -6.64. The molecule has 250 valence electrons. The van der Waals surface area contributed by atoms with Crippen molar-refractivity contribution in [2.24, 2.45) is 0 Å². The number of benzene rings is 9. The average Bonchev–Trinajstić information content (AvgIpc) is 3.68. The minimum absolute atomic E-state index is 0.109. The van der Waals surface area contributed by atoms with E-state index in [-0.39, 0.29) is 5.41 Å². The molecule has 1 aromatic heterocycles. The molecule has 0 bridgehead atoms. The standard InChI is InChI=1S/C51H36N2/c1-51(2)44-25-13-11-23-42(44)48-40-22-10-9-21-39(40)47-37-31-29-36(32-33(37)28-30-43(47)49(48)51)52(34-16-5-3-6-17-34)46-27-15-24-41-38-20-12-14-26-45(38)53(50(41)46)35-18-7-4-8-19-35/h3-32H,1-2H3. The summed E-state index contributed by atoms with van der Waals surface area (Å²) in [5.74, 6) is 0. The molecule has 0 radical (unpaired) electrons. The third kappa shape index (κ3) is 4.21. The van der Waals surface area contributed by atoms with Crippen molar-refractivity contribution in [2.45, 2.75) is 19.3 Å². The fourth-order valence-corrected chi connectivity index (χ4v) is 9.48. The van der Waals surface area contributed by atoms with Crippen LogP contribution in [0.4, 0.5) is 17.1 Å². The number of anilines is 3. The van der Waals surface area contributed by atoms with Crippen LogP contribution in [0.2, 0.25) is 0 Å². The van der Waals surface area contributed by atoms with Crippen LogP contribution in [0, 0.1) is 0 Å². The third-order valence-electron chi connectivity index (χ3n) is 11.7. The molecule has 10 aromatic rings. The number of nitrogens with zero attached hydrogens (tertiary/aromatic N) is 2. The Morgan fingerprint density at radius 1 is 0.472 bits per heavy atom. The first-order valence-corrected chi connectivity index (χ1v) is 18.5. The summed E-state index contributed by atoms with van der Waals surface area (Å²) in [7, 11) is 0. The van der Waals surface area contributed by atoms with Crippen LogP contribution >= 0.6 is 0 Å². The van der Waals surface area contributed by atoms with Gasteiger partial charge in [-0.05, 0) is 103 Å². The van der Waals surface area contributed by atoms with Gasteiger partial charge in [0.05, 0.1) is 16.7 Å². The maximum Gasteiger partial charge on any atom is 0.0782 e. The number of hydrogen-bond donors (Lipinski definition) is 0. The second-order valence-corrected chi connectivity index (χ2v) is 14.9. The van der Waals surface area contributed by atoms with E-state index in [0.29, 0.717) is 0 Å². The van der Waals surface area contributed by atoms with Crippen molar-refractivity contribution in [2.75, 3.05) is 4.90 Å². The van der Waals surface area contributed by atoms with Gasteiger partial charge in [0.15, 0.2) is 0 Å². The van der Waals surface area contributed by atoms with Crippen LogP contribution in [0.15, 0.2) is 182 Å². The first-order valence-electron chi connectivity index (χ1n) is 18.5. The monoisotopic (exact) mass is 676 g/mol. The maximum atomic E-state index is 2.44. The van der Waals surface area contributed by atoms with Gasteiger partial charge in [0, 0.05) is 33.2 Å². The summed E-state index contributed by atoms with van der Waals surface area (Å²) in [6, 6.07) is 66.9. The van der Waals surface area contributed by atoms with Gasteiger partial charge in [0.2, 0.25) is 0 Å². The van der Waals surface area contributed by atoms with Gasteiger partial charge < -0.3 is 9.47 Å². The van der Waals surface area contributed by atoms with Gasteiger partial charge in [-0.3, -0.25) is 0 Å².